The second-order valence-corrected chi connectivity index (χ2v) is 7.89. The molecule has 1 aliphatic rings. The summed E-state index contributed by atoms with van der Waals surface area (Å²) in [5.41, 5.74) is 4.74. The summed E-state index contributed by atoms with van der Waals surface area (Å²) in [7, 11) is 0. The van der Waals surface area contributed by atoms with Crippen LogP contribution >= 0.6 is 11.3 Å². The van der Waals surface area contributed by atoms with Gasteiger partial charge in [0.15, 0.2) is 5.76 Å². The van der Waals surface area contributed by atoms with Crippen molar-refractivity contribution in [3.8, 4) is 0 Å². The molecule has 2 aromatic heterocycles. The Morgan fingerprint density at radius 1 is 1.19 bits per heavy atom. The van der Waals surface area contributed by atoms with E-state index in [2.05, 4.69) is 15.8 Å². The second kappa shape index (κ2) is 8.52. The third kappa shape index (κ3) is 4.24. The number of carbonyl (C=O) groups excluding carboxylic acids is 2. The van der Waals surface area contributed by atoms with Crippen molar-refractivity contribution in [1.82, 2.24) is 5.43 Å². The largest absolute Gasteiger partial charge is 0.455 e. The normalized spacial score (nSPS) is 14.2. The lowest BCUT2D eigenvalue weighted by Crippen LogP contribution is -2.21. The number of nitro groups is 1. The number of nitrogens with zero attached hydrogens (tertiary/aromatic N) is 2. The molecule has 0 fully saturated rings. The first-order chi connectivity index (χ1) is 14.9. The summed E-state index contributed by atoms with van der Waals surface area (Å²) in [6.45, 7) is 1.76. The van der Waals surface area contributed by atoms with Crippen LogP contribution in [0, 0.1) is 17.0 Å². The molecule has 158 valence electrons. The minimum Gasteiger partial charge on any atom is -0.455 e. The standard InChI is InChI=1S/C21H18N4O5S/c1-12-18-15(23-24-20(26)17-9-4-10-31-17)7-3-8-16(18)30-19(12)21(27)22-13-5-2-6-14(11-13)25(28)29/h2,4-6,9-11H,3,7-8H2,1H3,(H,22,27)(H,24,26)/b23-15+. The predicted molar refractivity (Wildman–Crippen MR) is 116 cm³/mol. The van der Waals surface area contributed by atoms with Crippen molar-refractivity contribution in [2.75, 3.05) is 5.32 Å². The Bertz CT molecular complexity index is 1200. The number of hydrogen-bond acceptors (Lipinski definition) is 7. The van der Waals surface area contributed by atoms with Crippen LogP contribution in [0.2, 0.25) is 0 Å². The molecular formula is C21H18N4O5S. The quantitative estimate of drug-likeness (QED) is 0.454. The van der Waals surface area contributed by atoms with E-state index in [1.807, 2.05) is 5.38 Å². The number of benzene rings is 1. The van der Waals surface area contributed by atoms with Crippen molar-refractivity contribution >= 4 is 40.2 Å². The van der Waals surface area contributed by atoms with E-state index in [0.717, 1.165) is 12.0 Å². The fourth-order valence-corrected chi connectivity index (χ4v) is 4.08. The second-order valence-electron chi connectivity index (χ2n) is 6.95. The van der Waals surface area contributed by atoms with E-state index < -0.39 is 10.8 Å². The highest BCUT2D eigenvalue weighted by atomic mass is 32.1. The van der Waals surface area contributed by atoms with Crippen LogP contribution in [0.15, 0.2) is 51.3 Å². The Labute approximate surface area is 180 Å². The number of anilines is 1. The number of non-ortho nitro benzene ring substituents is 1. The van der Waals surface area contributed by atoms with E-state index in [-0.39, 0.29) is 17.4 Å². The topological polar surface area (TPSA) is 127 Å². The van der Waals surface area contributed by atoms with Gasteiger partial charge in [0.2, 0.25) is 0 Å². The molecule has 1 aromatic carbocycles. The summed E-state index contributed by atoms with van der Waals surface area (Å²) in [6.07, 6.45) is 2.07. The molecule has 2 amide bonds. The van der Waals surface area contributed by atoms with E-state index in [4.69, 9.17) is 4.42 Å². The number of thiophene rings is 1. The maximum absolute atomic E-state index is 12.8. The SMILES string of the molecule is Cc1c(C(=O)Nc2cccc([N+](=O)[O-])c2)oc2c1/C(=N/NC(=O)c1cccs1)CCC2. The average molecular weight is 438 g/mol. The van der Waals surface area contributed by atoms with Crippen LogP contribution in [0.3, 0.4) is 0 Å². The summed E-state index contributed by atoms with van der Waals surface area (Å²) in [5, 5.41) is 19.7. The van der Waals surface area contributed by atoms with Gasteiger partial charge >= 0.3 is 0 Å². The van der Waals surface area contributed by atoms with Crippen LogP contribution in [-0.2, 0) is 6.42 Å². The summed E-state index contributed by atoms with van der Waals surface area (Å²) in [5.74, 6) is -0.0402. The zero-order valence-electron chi connectivity index (χ0n) is 16.5. The van der Waals surface area contributed by atoms with Gasteiger partial charge in [-0.15, -0.1) is 11.3 Å². The van der Waals surface area contributed by atoms with E-state index in [1.54, 1.807) is 25.1 Å². The minimum atomic E-state index is -0.528. The molecule has 0 spiro atoms. The lowest BCUT2D eigenvalue weighted by atomic mass is 9.93. The predicted octanol–water partition coefficient (Wildman–Crippen LogP) is 4.28. The number of furan rings is 1. The van der Waals surface area contributed by atoms with Crippen molar-refractivity contribution in [3.63, 3.8) is 0 Å². The highest BCUT2D eigenvalue weighted by Crippen LogP contribution is 2.30. The first-order valence-corrected chi connectivity index (χ1v) is 10.4. The van der Waals surface area contributed by atoms with Gasteiger partial charge in [-0.2, -0.15) is 5.10 Å². The number of hydrazone groups is 1. The molecular weight excluding hydrogens is 420 g/mol. The van der Waals surface area contributed by atoms with Crippen LogP contribution in [0.25, 0.3) is 0 Å². The van der Waals surface area contributed by atoms with Gasteiger partial charge in [0.05, 0.1) is 15.5 Å². The molecule has 0 saturated carbocycles. The molecule has 0 saturated heterocycles. The fourth-order valence-electron chi connectivity index (χ4n) is 3.46. The maximum Gasteiger partial charge on any atom is 0.291 e. The summed E-state index contributed by atoms with van der Waals surface area (Å²) < 4.78 is 5.82. The van der Waals surface area contributed by atoms with Crippen molar-refractivity contribution in [2.24, 2.45) is 5.10 Å². The van der Waals surface area contributed by atoms with E-state index in [1.165, 1.54) is 29.5 Å². The van der Waals surface area contributed by atoms with Crippen LogP contribution < -0.4 is 10.7 Å². The van der Waals surface area contributed by atoms with Crippen LogP contribution in [0.1, 0.15) is 50.0 Å². The highest BCUT2D eigenvalue weighted by molar-refractivity contribution is 7.12. The molecule has 10 heteroatoms. The number of amides is 2. The molecule has 1 aliphatic carbocycles. The lowest BCUT2D eigenvalue weighted by Gasteiger charge is -2.13. The molecule has 2 N–H and O–H groups in total. The molecule has 0 bridgehead atoms. The number of nitrogens with one attached hydrogen (secondary N) is 2. The molecule has 3 aromatic rings. The van der Waals surface area contributed by atoms with Crippen molar-refractivity contribution in [2.45, 2.75) is 26.2 Å². The molecule has 2 heterocycles. The highest BCUT2D eigenvalue weighted by Gasteiger charge is 2.28. The lowest BCUT2D eigenvalue weighted by molar-refractivity contribution is -0.384. The van der Waals surface area contributed by atoms with Gasteiger partial charge in [0.1, 0.15) is 5.76 Å². The Morgan fingerprint density at radius 3 is 2.77 bits per heavy atom. The molecule has 31 heavy (non-hydrogen) atoms. The Hall–Kier alpha value is -3.79. The van der Waals surface area contributed by atoms with Gasteiger partial charge in [-0.25, -0.2) is 5.43 Å². The van der Waals surface area contributed by atoms with E-state index >= 15 is 0 Å². The zero-order valence-corrected chi connectivity index (χ0v) is 17.3. The van der Waals surface area contributed by atoms with Gasteiger partial charge in [0.25, 0.3) is 17.5 Å². The van der Waals surface area contributed by atoms with Crippen LogP contribution in [0.5, 0.6) is 0 Å². The van der Waals surface area contributed by atoms with Gasteiger partial charge < -0.3 is 9.73 Å². The Morgan fingerprint density at radius 2 is 2.03 bits per heavy atom. The molecule has 0 unspecified atom stereocenters. The fraction of sp³-hybridized carbons (Fsp3) is 0.190. The number of rotatable bonds is 5. The third-order valence-electron chi connectivity index (χ3n) is 4.88. The number of fused-ring (bicyclic) bond motifs is 1. The van der Waals surface area contributed by atoms with Gasteiger partial charge in [-0.1, -0.05) is 12.1 Å². The van der Waals surface area contributed by atoms with Gasteiger partial charge in [0, 0.05) is 35.4 Å². The first kappa shape index (κ1) is 20.5. The molecule has 4 rings (SSSR count). The van der Waals surface area contributed by atoms with Gasteiger partial charge in [-0.3, -0.25) is 19.7 Å². The summed E-state index contributed by atoms with van der Waals surface area (Å²) in [6, 6.07) is 9.19. The smallest absolute Gasteiger partial charge is 0.291 e. The van der Waals surface area contributed by atoms with E-state index in [0.29, 0.717) is 40.4 Å². The third-order valence-corrected chi connectivity index (χ3v) is 5.75. The number of aryl methyl sites for hydroxylation is 1. The summed E-state index contributed by atoms with van der Waals surface area (Å²) >= 11 is 1.32. The Kier molecular flexibility index (Phi) is 5.63. The first-order valence-electron chi connectivity index (χ1n) is 9.53. The number of carbonyl (C=O) groups is 2. The monoisotopic (exact) mass is 438 g/mol. The van der Waals surface area contributed by atoms with Crippen LogP contribution in [-0.4, -0.2) is 22.4 Å². The number of nitro benzene ring substituents is 1. The zero-order chi connectivity index (χ0) is 22.0. The molecule has 0 aliphatic heterocycles. The maximum atomic E-state index is 12.8. The average Bonchev–Trinajstić information content (AvgIpc) is 3.41. The van der Waals surface area contributed by atoms with Crippen molar-refractivity contribution in [3.05, 3.63) is 79.4 Å². The summed E-state index contributed by atoms with van der Waals surface area (Å²) in [4.78, 5) is 36.0. The Balaban J connectivity index is 1.57. The van der Waals surface area contributed by atoms with Crippen LogP contribution in [0.4, 0.5) is 11.4 Å². The van der Waals surface area contributed by atoms with Crippen molar-refractivity contribution < 1.29 is 18.9 Å². The molecule has 9 nitrogen and oxygen atoms in total. The van der Waals surface area contributed by atoms with Gasteiger partial charge in [-0.05, 0) is 37.3 Å². The van der Waals surface area contributed by atoms with Crippen molar-refractivity contribution in [1.29, 1.82) is 0 Å². The molecule has 0 atom stereocenters. The molecule has 0 radical (unpaired) electrons. The minimum absolute atomic E-state index is 0.121. The van der Waals surface area contributed by atoms with E-state index in [9.17, 15) is 19.7 Å². The number of hydrogen-bond donors (Lipinski definition) is 2.